The van der Waals surface area contributed by atoms with Crippen LogP contribution in [0.4, 0.5) is 0 Å². The van der Waals surface area contributed by atoms with Crippen molar-refractivity contribution in [1.82, 2.24) is 10.2 Å². The molecule has 0 saturated heterocycles. The number of carbonyl (C=O) groups excluding carboxylic acids is 2. The normalized spacial score (nSPS) is 13.7. The van der Waals surface area contributed by atoms with E-state index in [0.29, 0.717) is 17.8 Å². The zero-order chi connectivity index (χ0) is 22.4. The predicted molar refractivity (Wildman–Crippen MR) is 124 cm³/mol. The van der Waals surface area contributed by atoms with Gasteiger partial charge in [0.25, 0.3) is 0 Å². The first kappa shape index (κ1) is 26.1. The van der Waals surface area contributed by atoms with Crippen LogP contribution in [0.1, 0.15) is 47.5 Å². The molecule has 0 radical (unpaired) electrons. The third-order valence-electron chi connectivity index (χ3n) is 4.32. The van der Waals surface area contributed by atoms with E-state index < -0.39 is 5.41 Å². The summed E-state index contributed by atoms with van der Waals surface area (Å²) in [6.07, 6.45) is 18.2. The van der Waals surface area contributed by atoms with Crippen LogP contribution >= 0.6 is 0 Å². The Morgan fingerprint density at radius 2 is 1.76 bits per heavy atom. The quantitative estimate of drug-likeness (QED) is 0.462. The molecule has 0 aliphatic rings. The van der Waals surface area contributed by atoms with Gasteiger partial charge in [0.1, 0.15) is 0 Å². The summed E-state index contributed by atoms with van der Waals surface area (Å²) in [5.41, 5.74) is 1.76. The lowest BCUT2D eigenvalue weighted by atomic mass is 9.84. The molecule has 1 N–H and O–H groups in total. The molecule has 158 valence electrons. The zero-order valence-electron chi connectivity index (χ0n) is 18.8. The fourth-order valence-electron chi connectivity index (χ4n) is 2.70. The highest BCUT2D eigenvalue weighted by molar-refractivity contribution is 5.84. The highest BCUT2D eigenvalue weighted by Gasteiger charge is 2.31. The van der Waals surface area contributed by atoms with Crippen LogP contribution in [-0.2, 0) is 9.59 Å². The average Bonchev–Trinajstić information content (AvgIpc) is 2.66. The Morgan fingerprint density at radius 3 is 2.24 bits per heavy atom. The summed E-state index contributed by atoms with van der Waals surface area (Å²) in [4.78, 5) is 26.2. The van der Waals surface area contributed by atoms with Gasteiger partial charge in [-0.25, -0.2) is 0 Å². The van der Waals surface area contributed by atoms with Crippen molar-refractivity contribution in [3.05, 3.63) is 84.8 Å². The number of allylic oxidation sites excluding steroid dienone is 10. The van der Waals surface area contributed by atoms with Gasteiger partial charge in [0.15, 0.2) is 0 Å². The third kappa shape index (κ3) is 9.74. The second-order valence-corrected chi connectivity index (χ2v) is 7.33. The van der Waals surface area contributed by atoms with Gasteiger partial charge in [-0.3, -0.25) is 9.59 Å². The van der Waals surface area contributed by atoms with E-state index in [2.05, 4.69) is 30.6 Å². The van der Waals surface area contributed by atoms with Crippen molar-refractivity contribution in [1.29, 1.82) is 0 Å². The Balaban J connectivity index is 5.54. The van der Waals surface area contributed by atoms with Crippen LogP contribution in [0, 0.1) is 5.41 Å². The molecule has 4 heteroatoms. The Hall–Kier alpha value is -2.88. The van der Waals surface area contributed by atoms with Crippen LogP contribution in [-0.4, -0.2) is 23.8 Å². The van der Waals surface area contributed by atoms with Crippen molar-refractivity contribution >= 4 is 11.8 Å². The molecule has 29 heavy (non-hydrogen) atoms. The average molecular weight is 397 g/mol. The van der Waals surface area contributed by atoms with E-state index >= 15 is 0 Å². The van der Waals surface area contributed by atoms with E-state index in [4.69, 9.17) is 0 Å². The molecule has 0 saturated carbocycles. The fraction of sp³-hybridized carbons (Fsp3) is 0.360. The molecule has 0 aromatic carbocycles. The lowest BCUT2D eigenvalue weighted by Crippen LogP contribution is -2.38. The number of amides is 2. The smallest absolute Gasteiger partial charge is 0.232 e. The van der Waals surface area contributed by atoms with Crippen LogP contribution in [0.5, 0.6) is 0 Å². The summed E-state index contributed by atoms with van der Waals surface area (Å²) in [6, 6.07) is 0. The van der Waals surface area contributed by atoms with Crippen LogP contribution in [0.15, 0.2) is 84.8 Å². The minimum Gasteiger partial charge on any atom is -0.326 e. The van der Waals surface area contributed by atoms with E-state index in [0.717, 1.165) is 6.42 Å². The van der Waals surface area contributed by atoms with Gasteiger partial charge in [-0.2, -0.15) is 0 Å². The largest absolute Gasteiger partial charge is 0.326 e. The Labute approximate surface area is 176 Å². The van der Waals surface area contributed by atoms with Gasteiger partial charge >= 0.3 is 0 Å². The van der Waals surface area contributed by atoms with Gasteiger partial charge < -0.3 is 10.2 Å². The van der Waals surface area contributed by atoms with Crippen molar-refractivity contribution in [2.24, 2.45) is 5.41 Å². The topological polar surface area (TPSA) is 49.4 Å². The fourth-order valence-corrected chi connectivity index (χ4v) is 2.70. The van der Waals surface area contributed by atoms with Crippen molar-refractivity contribution in [2.75, 3.05) is 7.05 Å². The highest BCUT2D eigenvalue weighted by atomic mass is 16.2. The summed E-state index contributed by atoms with van der Waals surface area (Å²) in [5, 5.41) is 2.72. The van der Waals surface area contributed by atoms with Crippen LogP contribution in [0.25, 0.3) is 0 Å². The minimum atomic E-state index is -0.566. The molecule has 0 fully saturated rings. The highest BCUT2D eigenvalue weighted by Crippen LogP contribution is 2.29. The molecule has 4 nitrogen and oxygen atoms in total. The Kier molecular flexibility index (Phi) is 12.0. The van der Waals surface area contributed by atoms with E-state index in [1.807, 2.05) is 45.9 Å². The first-order valence-electron chi connectivity index (χ1n) is 9.80. The standard InChI is InChI=1S/C25H36N2O2/c1-9-13-16-21(14-10-2)17-18-25(6,7)24(29)27(8)23(12-4)19-22(15-11-3)26-20(5)28/h9-16,19H,3-4,17-18H2,1-2,5-8H3,(H,26,28)/b13-9-,14-10-,21-16+,22-15+,23-19+. The molecule has 0 aromatic heterocycles. The molecular weight excluding hydrogens is 360 g/mol. The van der Waals surface area contributed by atoms with Gasteiger partial charge in [-0.05, 0) is 50.5 Å². The second-order valence-electron chi connectivity index (χ2n) is 7.33. The third-order valence-corrected chi connectivity index (χ3v) is 4.32. The van der Waals surface area contributed by atoms with Crippen molar-refractivity contribution in [3.63, 3.8) is 0 Å². The monoisotopic (exact) mass is 396 g/mol. The van der Waals surface area contributed by atoms with E-state index in [9.17, 15) is 9.59 Å². The molecule has 0 unspecified atom stereocenters. The van der Waals surface area contributed by atoms with Crippen molar-refractivity contribution < 1.29 is 9.59 Å². The minimum absolute atomic E-state index is 0.0183. The van der Waals surface area contributed by atoms with E-state index in [1.54, 1.807) is 36.3 Å². The molecule has 0 rings (SSSR count). The van der Waals surface area contributed by atoms with Gasteiger partial charge in [0.05, 0.1) is 0 Å². The molecule has 0 aliphatic heterocycles. The molecule has 0 atom stereocenters. The van der Waals surface area contributed by atoms with Crippen molar-refractivity contribution in [3.8, 4) is 0 Å². The lowest BCUT2D eigenvalue weighted by Gasteiger charge is -2.30. The lowest BCUT2D eigenvalue weighted by molar-refractivity contribution is -0.137. The number of likely N-dealkylation sites (N-methyl/N-ethyl adjacent to an activating group) is 1. The maximum atomic E-state index is 13.2. The molecule has 0 heterocycles. The first-order valence-corrected chi connectivity index (χ1v) is 9.80. The number of nitrogens with zero attached hydrogens (tertiary/aromatic N) is 1. The Bertz CT molecular complexity index is 747. The van der Waals surface area contributed by atoms with Crippen LogP contribution in [0.2, 0.25) is 0 Å². The molecule has 0 aromatic rings. The molecule has 0 aliphatic carbocycles. The van der Waals surface area contributed by atoms with Crippen molar-refractivity contribution in [2.45, 2.75) is 47.5 Å². The SMILES string of the molecule is C=C/C=C(\C=C(/C=C)N(C)C(=O)C(C)(C)CCC(/C=C\C)=C/C=C\C)NC(C)=O. The maximum Gasteiger partial charge on any atom is 0.232 e. The summed E-state index contributed by atoms with van der Waals surface area (Å²) < 4.78 is 0. The summed E-state index contributed by atoms with van der Waals surface area (Å²) in [7, 11) is 1.72. The van der Waals surface area contributed by atoms with Crippen LogP contribution in [0.3, 0.4) is 0 Å². The number of rotatable bonds is 11. The number of carbonyl (C=O) groups is 2. The summed E-state index contributed by atoms with van der Waals surface area (Å²) in [5.74, 6) is -0.216. The molecular formula is C25H36N2O2. The van der Waals surface area contributed by atoms with Gasteiger partial charge in [-0.1, -0.05) is 63.5 Å². The van der Waals surface area contributed by atoms with E-state index in [-0.39, 0.29) is 11.8 Å². The molecule has 0 bridgehead atoms. The Morgan fingerprint density at radius 1 is 1.10 bits per heavy atom. The number of hydrogen-bond donors (Lipinski definition) is 1. The summed E-state index contributed by atoms with van der Waals surface area (Å²) >= 11 is 0. The second kappa shape index (κ2) is 13.3. The number of nitrogens with one attached hydrogen (secondary N) is 1. The molecule has 0 spiro atoms. The van der Waals surface area contributed by atoms with Gasteiger partial charge in [-0.15, -0.1) is 0 Å². The first-order chi connectivity index (χ1) is 13.6. The maximum absolute atomic E-state index is 13.2. The molecule has 2 amide bonds. The predicted octanol–water partition coefficient (Wildman–Crippen LogP) is 5.61. The zero-order valence-corrected chi connectivity index (χ0v) is 18.8. The number of hydrogen-bond acceptors (Lipinski definition) is 2. The van der Waals surface area contributed by atoms with Gasteiger partial charge in [0, 0.05) is 30.8 Å². The van der Waals surface area contributed by atoms with Gasteiger partial charge in [0.2, 0.25) is 11.8 Å². The van der Waals surface area contributed by atoms with E-state index in [1.165, 1.54) is 12.5 Å². The van der Waals surface area contributed by atoms with Crippen LogP contribution < -0.4 is 5.32 Å². The summed E-state index contributed by atoms with van der Waals surface area (Å²) in [6.45, 7) is 16.8.